The smallest absolute Gasteiger partial charge is 0.245 e. The van der Waals surface area contributed by atoms with Gasteiger partial charge in [0, 0.05) is 32.2 Å². The molecule has 0 aromatic heterocycles. The molecular weight excluding hydrogens is 281 g/mol. The van der Waals surface area contributed by atoms with E-state index in [2.05, 4.69) is 18.7 Å². The van der Waals surface area contributed by atoms with Gasteiger partial charge in [0.2, 0.25) is 10.0 Å². The maximum absolute atomic E-state index is 13.4. The number of hydrogen-bond acceptors (Lipinski definition) is 4. The SMILES string of the molecule is CC(C)N1CCN(S(=O)(=O)c2cccc(F)c2N)CC1. The van der Waals surface area contributed by atoms with Crippen LogP contribution in [0.25, 0.3) is 0 Å². The standard InChI is InChI=1S/C13H20FN3O2S/c1-10(2)16-6-8-17(9-7-16)20(18,19)12-5-3-4-11(14)13(12)15/h3-5,10H,6-9,15H2,1-2H3. The number of hydrogen-bond donors (Lipinski definition) is 1. The molecule has 1 heterocycles. The molecule has 5 nitrogen and oxygen atoms in total. The number of para-hydroxylation sites is 1. The van der Waals surface area contributed by atoms with Crippen LogP contribution in [0, 0.1) is 5.82 Å². The van der Waals surface area contributed by atoms with Gasteiger partial charge in [0.25, 0.3) is 0 Å². The van der Waals surface area contributed by atoms with E-state index in [0.717, 1.165) is 6.07 Å². The predicted octanol–water partition coefficient (Wildman–Crippen LogP) is 1.12. The van der Waals surface area contributed by atoms with E-state index in [4.69, 9.17) is 5.73 Å². The molecule has 0 aliphatic carbocycles. The summed E-state index contributed by atoms with van der Waals surface area (Å²) in [6.45, 7) is 6.30. The Bertz CT molecular complexity index is 581. The van der Waals surface area contributed by atoms with Gasteiger partial charge >= 0.3 is 0 Å². The van der Waals surface area contributed by atoms with Gasteiger partial charge in [-0.3, -0.25) is 4.90 Å². The molecule has 0 amide bonds. The Morgan fingerprint density at radius 3 is 2.35 bits per heavy atom. The van der Waals surface area contributed by atoms with Gasteiger partial charge in [-0.05, 0) is 26.0 Å². The van der Waals surface area contributed by atoms with E-state index in [1.165, 1.54) is 16.4 Å². The molecule has 0 atom stereocenters. The van der Waals surface area contributed by atoms with Crippen molar-refractivity contribution in [1.29, 1.82) is 0 Å². The average molecular weight is 301 g/mol. The number of nitrogen functional groups attached to an aromatic ring is 1. The summed E-state index contributed by atoms with van der Waals surface area (Å²) in [7, 11) is -3.72. The Balaban J connectivity index is 2.22. The topological polar surface area (TPSA) is 66.6 Å². The monoisotopic (exact) mass is 301 g/mol. The van der Waals surface area contributed by atoms with Gasteiger partial charge in [-0.15, -0.1) is 0 Å². The minimum Gasteiger partial charge on any atom is -0.395 e. The molecule has 2 N–H and O–H groups in total. The number of halogens is 1. The van der Waals surface area contributed by atoms with Gasteiger partial charge in [0.15, 0.2) is 0 Å². The van der Waals surface area contributed by atoms with Crippen LogP contribution in [-0.4, -0.2) is 49.8 Å². The summed E-state index contributed by atoms with van der Waals surface area (Å²) >= 11 is 0. The molecule has 1 saturated heterocycles. The lowest BCUT2D eigenvalue weighted by molar-refractivity contribution is 0.154. The van der Waals surface area contributed by atoms with E-state index >= 15 is 0 Å². The molecule has 20 heavy (non-hydrogen) atoms. The fourth-order valence-electron chi connectivity index (χ4n) is 2.34. The molecule has 1 fully saturated rings. The first-order chi connectivity index (χ1) is 9.34. The number of sulfonamides is 1. The van der Waals surface area contributed by atoms with E-state index in [1.807, 2.05) is 0 Å². The minimum atomic E-state index is -3.72. The zero-order chi connectivity index (χ0) is 14.9. The fourth-order valence-corrected chi connectivity index (χ4v) is 3.89. The Morgan fingerprint density at radius 1 is 1.20 bits per heavy atom. The minimum absolute atomic E-state index is 0.143. The van der Waals surface area contributed by atoms with Crippen LogP contribution in [0.3, 0.4) is 0 Å². The van der Waals surface area contributed by atoms with Crippen molar-refractivity contribution >= 4 is 15.7 Å². The average Bonchev–Trinajstić information content (AvgIpc) is 2.41. The maximum atomic E-state index is 13.4. The third-order valence-corrected chi connectivity index (χ3v) is 5.59. The van der Waals surface area contributed by atoms with E-state index in [-0.39, 0.29) is 10.6 Å². The molecule has 112 valence electrons. The van der Waals surface area contributed by atoms with Crippen molar-refractivity contribution in [2.75, 3.05) is 31.9 Å². The van der Waals surface area contributed by atoms with Crippen molar-refractivity contribution in [3.8, 4) is 0 Å². The summed E-state index contributed by atoms with van der Waals surface area (Å²) in [6.07, 6.45) is 0. The molecule has 0 bridgehead atoms. The van der Waals surface area contributed by atoms with Crippen LogP contribution < -0.4 is 5.73 Å². The summed E-state index contributed by atoms with van der Waals surface area (Å²) in [6, 6.07) is 4.26. The van der Waals surface area contributed by atoms with Gasteiger partial charge in [-0.25, -0.2) is 12.8 Å². The lowest BCUT2D eigenvalue weighted by Crippen LogP contribution is -2.50. The van der Waals surface area contributed by atoms with Gasteiger partial charge in [0.05, 0.1) is 5.69 Å². The van der Waals surface area contributed by atoms with Crippen LogP contribution in [-0.2, 0) is 10.0 Å². The molecule has 1 aromatic carbocycles. The van der Waals surface area contributed by atoms with E-state index in [1.54, 1.807) is 0 Å². The second-order valence-corrected chi connectivity index (χ2v) is 7.09. The molecular formula is C13H20FN3O2S. The number of piperazine rings is 1. The molecule has 1 aromatic rings. The first-order valence-electron chi connectivity index (χ1n) is 6.62. The quantitative estimate of drug-likeness (QED) is 0.850. The van der Waals surface area contributed by atoms with Crippen LogP contribution in [0.1, 0.15) is 13.8 Å². The van der Waals surface area contributed by atoms with Crippen LogP contribution >= 0.6 is 0 Å². The van der Waals surface area contributed by atoms with E-state index in [9.17, 15) is 12.8 Å². The van der Waals surface area contributed by atoms with Crippen LogP contribution in [0.2, 0.25) is 0 Å². The number of nitrogens with two attached hydrogens (primary N) is 1. The molecule has 0 spiro atoms. The van der Waals surface area contributed by atoms with Gasteiger partial charge in [-0.1, -0.05) is 6.07 Å². The van der Waals surface area contributed by atoms with Crippen molar-refractivity contribution < 1.29 is 12.8 Å². The first-order valence-corrected chi connectivity index (χ1v) is 8.06. The fraction of sp³-hybridized carbons (Fsp3) is 0.538. The third kappa shape index (κ3) is 2.79. The van der Waals surface area contributed by atoms with Crippen LogP contribution in [0.5, 0.6) is 0 Å². The molecule has 0 saturated carbocycles. The number of nitrogens with zero attached hydrogens (tertiary/aromatic N) is 2. The normalized spacial score (nSPS) is 18.6. The highest BCUT2D eigenvalue weighted by molar-refractivity contribution is 7.89. The second-order valence-electron chi connectivity index (χ2n) is 5.19. The molecule has 0 radical (unpaired) electrons. The number of anilines is 1. The summed E-state index contributed by atoms with van der Waals surface area (Å²) < 4.78 is 39.8. The van der Waals surface area contributed by atoms with E-state index < -0.39 is 15.8 Å². The van der Waals surface area contributed by atoms with Gasteiger partial charge in [-0.2, -0.15) is 4.31 Å². The van der Waals surface area contributed by atoms with Crippen LogP contribution in [0.15, 0.2) is 23.1 Å². The highest BCUT2D eigenvalue weighted by Crippen LogP contribution is 2.25. The largest absolute Gasteiger partial charge is 0.395 e. The first kappa shape index (κ1) is 15.2. The van der Waals surface area contributed by atoms with E-state index in [0.29, 0.717) is 32.2 Å². The van der Waals surface area contributed by atoms with Gasteiger partial charge in [0.1, 0.15) is 10.7 Å². The van der Waals surface area contributed by atoms with Crippen molar-refractivity contribution in [2.45, 2.75) is 24.8 Å². The molecule has 1 aliphatic rings. The Morgan fingerprint density at radius 2 is 1.80 bits per heavy atom. The molecule has 7 heteroatoms. The zero-order valence-electron chi connectivity index (χ0n) is 11.7. The Kier molecular flexibility index (Phi) is 4.31. The molecule has 0 unspecified atom stereocenters. The highest BCUT2D eigenvalue weighted by atomic mass is 32.2. The zero-order valence-corrected chi connectivity index (χ0v) is 12.5. The summed E-state index contributed by atoms with van der Waals surface area (Å²) in [5, 5.41) is 0. The highest BCUT2D eigenvalue weighted by Gasteiger charge is 2.31. The third-order valence-electron chi connectivity index (χ3n) is 3.63. The summed E-state index contributed by atoms with van der Waals surface area (Å²) in [5.41, 5.74) is 5.25. The predicted molar refractivity (Wildman–Crippen MR) is 76.3 cm³/mol. The van der Waals surface area contributed by atoms with Crippen molar-refractivity contribution in [3.63, 3.8) is 0 Å². The lowest BCUT2D eigenvalue weighted by Gasteiger charge is -2.36. The summed E-state index contributed by atoms with van der Waals surface area (Å²) in [5.74, 6) is -0.702. The number of benzene rings is 1. The Labute approximate surface area is 119 Å². The van der Waals surface area contributed by atoms with Gasteiger partial charge < -0.3 is 5.73 Å². The molecule has 2 rings (SSSR count). The van der Waals surface area contributed by atoms with Crippen molar-refractivity contribution in [1.82, 2.24) is 9.21 Å². The molecule has 1 aliphatic heterocycles. The maximum Gasteiger partial charge on any atom is 0.245 e. The second kappa shape index (κ2) is 5.67. The summed E-state index contributed by atoms with van der Waals surface area (Å²) in [4.78, 5) is 2.07. The lowest BCUT2D eigenvalue weighted by atomic mass is 10.3. The number of rotatable bonds is 3. The van der Waals surface area contributed by atoms with Crippen molar-refractivity contribution in [2.24, 2.45) is 0 Å². The van der Waals surface area contributed by atoms with Crippen LogP contribution in [0.4, 0.5) is 10.1 Å². The Hall–Kier alpha value is -1.18. The van der Waals surface area contributed by atoms with Crippen molar-refractivity contribution in [3.05, 3.63) is 24.0 Å².